The summed E-state index contributed by atoms with van der Waals surface area (Å²) in [6.45, 7) is 4.86. The van der Waals surface area contributed by atoms with Crippen molar-refractivity contribution < 1.29 is 14.3 Å². The minimum absolute atomic E-state index is 0.00704. The molecule has 0 aromatic heterocycles. The van der Waals surface area contributed by atoms with Crippen molar-refractivity contribution in [1.29, 1.82) is 0 Å². The third-order valence-electron chi connectivity index (χ3n) is 4.62. The van der Waals surface area contributed by atoms with Gasteiger partial charge in [-0.05, 0) is 19.3 Å². The Hall–Kier alpha value is -0.910. The zero-order valence-electron chi connectivity index (χ0n) is 12.1. The van der Waals surface area contributed by atoms with Crippen molar-refractivity contribution in [2.24, 2.45) is 11.8 Å². The molecule has 1 aliphatic carbocycles. The summed E-state index contributed by atoms with van der Waals surface area (Å²) in [6.07, 6.45) is 3.84. The largest absolute Gasteiger partial charge is 0.379 e. The van der Waals surface area contributed by atoms with E-state index in [1.807, 2.05) is 6.08 Å². The van der Waals surface area contributed by atoms with Gasteiger partial charge in [0.05, 0.1) is 25.0 Å². The molecule has 21 heavy (non-hydrogen) atoms. The van der Waals surface area contributed by atoms with Crippen LogP contribution in [0.2, 0.25) is 0 Å². The molecule has 0 N–H and O–H groups in total. The summed E-state index contributed by atoms with van der Waals surface area (Å²) in [6, 6.07) is 0. The fourth-order valence-corrected chi connectivity index (χ4v) is 3.65. The van der Waals surface area contributed by atoms with E-state index >= 15 is 0 Å². The highest BCUT2D eigenvalue weighted by molar-refractivity contribution is 6.30. The zero-order valence-corrected chi connectivity index (χ0v) is 12.8. The van der Waals surface area contributed by atoms with E-state index in [0.29, 0.717) is 24.4 Å². The first-order valence-corrected chi connectivity index (χ1v) is 8.04. The van der Waals surface area contributed by atoms with Crippen molar-refractivity contribution in [2.75, 3.05) is 39.4 Å². The van der Waals surface area contributed by atoms with Gasteiger partial charge in [0, 0.05) is 31.2 Å². The molecule has 0 bridgehead atoms. The molecule has 2 aliphatic heterocycles. The number of rotatable bonds is 4. The molecule has 6 heteroatoms. The molecule has 0 radical (unpaired) electrons. The van der Waals surface area contributed by atoms with Gasteiger partial charge in [-0.3, -0.25) is 19.4 Å². The predicted molar refractivity (Wildman–Crippen MR) is 78.7 cm³/mol. The fourth-order valence-electron chi connectivity index (χ4n) is 3.39. The van der Waals surface area contributed by atoms with Crippen LogP contribution in [0.15, 0.2) is 11.1 Å². The Kier molecular flexibility index (Phi) is 4.62. The molecule has 0 aromatic carbocycles. The van der Waals surface area contributed by atoms with E-state index in [4.69, 9.17) is 16.3 Å². The van der Waals surface area contributed by atoms with Gasteiger partial charge in [-0.25, -0.2) is 0 Å². The molecule has 3 aliphatic rings. The first-order chi connectivity index (χ1) is 10.2. The minimum Gasteiger partial charge on any atom is -0.379 e. The summed E-state index contributed by atoms with van der Waals surface area (Å²) >= 11 is 6.01. The van der Waals surface area contributed by atoms with Crippen LogP contribution in [0.5, 0.6) is 0 Å². The normalized spacial score (nSPS) is 30.5. The number of hydrogen-bond donors (Lipinski definition) is 0. The molecule has 2 amide bonds. The van der Waals surface area contributed by atoms with Crippen LogP contribution in [-0.2, 0) is 14.3 Å². The van der Waals surface area contributed by atoms with Gasteiger partial charge in [-0.1, -0.05) is 17.7 Å². The van der Waals surface area contributed by atoms with Gasteiger partial charge >= 0.3 is 0 Å². The monoisotopic (exact) mass is 312 g/mol. The smallest absolute Gasteiger partial charge is 0.233 e. The molecule has 0 saturated carbocycles. The lowest BCUT2D eigenvalue weighted by molar-refractivity contribution is -0.140. The van der Waals surface area contributed by atoms with Gasteiger partial charge in [0.2, 0.25) is 11.8 Å². The Morgan fingerprint density at radius 1 is 1.14 bits per heavy atom. The Labute approximate surface area is 129 Å². The van der Waals surface area contributed by atoms with E-state index in [-0.39, 0.29) is 23.7 Å². The molecule has 2 heterocycles. The van der Waals surface area contributed by atoms with E-state index in [0.717, 1.165) is 39.3 Å². The minimum atomic E-state index is -0.224. The Morgan fingerprint density at radius 3 is 2.62 bits per heavy atom. The van der Waals surface area contributed by atoms with Gasteiger partial charge in [0.15, 0.2) is 0 Å². The number of likely N-dealkylation sites (tertiary alicyclic amines) is 1. The lowest BCUT2D eigenvalue weighted by Gasteiger charge is -2.27. The summed E-state index contributed by atoms with van der Waals surface area (Å²) in [5.41, 5.74) is 0. The predicted octanol–water partition coefficient (Wildman–Crippen LogP) is 1.23. The Balaban J connectivity index is 1.52. The van der Waals surface area contributed by atoms with Crippen molar-refractivity contribution in [1.82, 2.24) is 9.80 Å². The maximum Gasteiger partial charge on any atom is 0.233 e. The molecule has 0 aromatic rings. The molecule has 2 atom stereocenters. The number of hydrogen-bond acceptors (Lipinski definition) is 4. The van der Waals surface area contributed by atoms with Crippen LogP contribution < -0.4 is 0 Å². The Bertz CT molecular complexity index is 460. The standard InChI is InChI=1S/C15H21ClN2O3/c16-11-2-3-12-13(10-11)15(20)18(14(12)19)5-1-4-17-6-8-21-9-7-17/h2,12-13H,1,3-10H2/t12-,13-/m0/s1. The second-order valence-electron chi connectivity index (χ2n) is 5.94. The SMILES string of the molecule is O=C1[C@H]2CC=C(Cl)C[C@@H]2C(=O)N1CCCN1CCOCC1. The first-order valence-electron chi connectivity index (χ1n) is 7.66. The van der Waals surface area contributed by atoms with Crippen LogP contribution in [-0.4, -0.2) is 61.0 Å². The molecule has 3 rings (SSSR count). The number of carbonyl (C=O) groups excluding carboxylic acids is 2. The van der Waals surface area contributed by atoms with Crippen LogP contribution in [0, 0.1) is 11.8 Å². The zero-order chi connectivity index (χ0) is 14.8. The number of nitrogens with zero attached hydrogens (tertiary/aromatic N) is 2. The highest BCUT2D eigenvalue weighted by Crippen LogP contribution is 2.38. The molecular weight excluding hydrogens is 292 g/mol. The van der Waals surface area contributed by atoms with Crippen LogP contribution in [0.25, 0.3) is 0 Å². The van der Waals surface area contributed by atoms with Crippen molar-refractivity contribution in [3.8, 4) is 0 Å². The van der Waals surface area contributed by atoms with Crippen molar-refractivity contribution >= 4 is 23.4 Å². The number of imide groups is 1. The van der Waals surface area contributed by atoms with Gasteiger partial charge < -0.3 is 4.74 Å². The number of allylic oxidation sites excluding steroid dienone is 2. The van der Waals surface area contributed by atoms with Crippen LogP contribution in [0.3, 0.4) is 0 Å². The van der Waals surface area contributed by atoms with E-state index in [1.165, 1.54) is 4.90 Å². The molecule has 0 unspecified atom stereocenters. The molecule has 0 spiro atoms. The van der Waals surface area contributed by atoms with E-state index in [9.17, 15) is 9.59 Å². The van der Waals surface area contributed by atoms with Crippen LogP contribution in [0.1, 0.15) is 19.3 Å². The number of amides is 2. The number of fused-ring (bicyclic) bond motifs is 1. The van der Waals surface area contributed by atoms with Crippen LogP contribution >= 0.6 is 11.6 Å². The Morgan fingerprint density at radius 2 is 1.86 bits per heavy atom. The van der Waals surface area contributed by atoms with Crippen LogP contribution in [0.4, 0.5) is 0 Å². The lowest BCUT2D eigenvalue weighted by atomic mass is 9.85. The van der Waals surface area contributed by atoms with Gasteiger partial charge in [0.25, 0.3) is 0 Å². The van der Waals surface area contributed by atoms with Gasteiger partial charge in [-0.15, -0.1) is 0 Å². The van der Waals surface area contributed by atoms with Gasteiger partial charge in [0.1, 0.15) is 0 Å². The summed E-state index contributed by atoms with van der Waals surface area (Å²) in [5.74, 6) is -0.438. The van der Waals surface area contributed by atoms with Crippen molar-refractivity contribution in [3.63, 3.8) is 0 Å². The summed E-state index contributed by atoms with van der Waals surface area (Å²) in [5, 5.41) is 0.715. The second kappa shape index (κ2) is 6.46. The lowest BCUT2D eigenvalue weighted by Crippen LogP contribution is -2.39. The maximum atomic E-state index is 12.4. The number of ether oxygens (including phenoxy) is 1. The fraction of sp³-hybridized carbons (Fsp3) is 0.733. The number of carbonyl (C=O) groups is 2. The average molecular weight is 313 g/mol. The third-order valence-corrected chi connectivity index (χ3v) is 4.93. The number of morpholine rings is 1. The second-order valence-corrected chi connectivity index (χ2v) is 6.42. The van der Waals surface area contributed by atoms with E-state index < -0.39 is 0 Å². The number of halogens is 1. The van der Waals surface area contributed by atoms with Crippen molar-refractivity contribution in [2.45, 2.75) is 19.3 Å². The van der Waals surface area contributed by atoms with E-state index in [2.05, 4.69) is 4.90 Å². The third kappa shape index (κ3) is 3.15. The highest BCUT2D eigenvalue weighted by atomic mass is 35.5. The van der Waals surface area contributed by atoms with E-state index in [1.54, 1.807) is 0 Å². The molecule has 2 fully saturated rings. The molecule has 2 saturated heterocycles. The summed E-state index contributed by atoms with van der Waals surface area (Å²) in [4.78, 5) is 28.5. The van der Waals surface area contributed by atoms with Gasteiger partial charge in [-0.2, -0.15) is 0 Å². The summed E-state index contributed by atoms with van der Waals surface area (Å²) < 4.78 is 5.31. The first kappa shape index (κ1) is 15.0. The van der Waals surface area contributed by atoms with Crippen molar-refractivity contribution in [3.05, 3.63) is 11.1 Å². The summed E-state index contributed by atoms with van der Waals surface area (Å²) in [7, 11) is 0. The molecular formula is C15H21ClN2O3. The quantitative estimate of drug-likeness (QED) is 0.733. The molecule has 116 valence electrons. The topological polar surface area (TPSA) is 49.9 Å². The maximum absolute atomic E-state index is 12.4. The highest BCUT2D eigenvalue weighted by Gasteiger charge is 2.47. The molecule has 5 nitrogen and oxygen atoms in total. The average Bonchev–Trinajstić information content (AvgIpc) is 2.73.